The quantitative estimate of drug-likeness (QED) is 0.901. The molecule has 0 aromatic heterocycles. The van der Waals surface area contributed by atoms with Gasteiger partial charge < -0.3 is 15.7 Å². The Hall–Kier alpha value is -1.26. The molecule has 1 aliphatic carbocycles. The zero-order valence-corrected chi connectivity index (χ0v) is 12.4. The minimum absolute atomic E-state index is 0.0616. The number of rotatable bonds is 3. The number of benzene rings is 1. The Morgan fingerprint density at radius 3 is 2.60 bits per heavy atom. The van der Waals surface area contributed by atoms with Crippen LogP contribution in [0.1, 0.15) is 43.0 Å². The van der Waals surface area contributed by atoms with Gasteiger partial charge in [-0.25, -0.2) is 0 Å². The van der Waals surface area contributed by atoms with E-state index in [2.05, 4.69) is 0 Å². The molecule has 1 aromatic rings. The van der Waals surface area contributed by atoms with Crippen molar-refractivity contribution < 1.29 is 9.90 Å². The molecule has 1 aliphatic rings. The molecule has 0 spiro atoms. The summed E-state index contributed by atoms with van der Waals surface area (Å²) in [6, 6.07) is 5.07. The SMILES string of the molecule is CCN(C(=O)c1ccc(Cl)cc1O)C1CCC(N)CC1. The Morgan fingerprint density at radius 2 is 2.05 bits per heavy atom. The predicted octanol–water partition coefficient (Wildman–Crippen LogP) is 2.78. The van der Waals surface area contributed by atoms with Gasteiger partial charge in [-0.2, -0.15) is 0 Å². The van der Waals surface area contributed by atoms with E-state index in [1.54, 1.807) is 12.1 Å². The molecular weight excluding hydrogens is 276 g/mol. The second kappa shape index (κ2) is 6.46. The summed E-state index contributed by atoms with van der Waals surface area (Å²) in [7, 11) is 0. The summed E-state index contributed by atoms with van der Waals surface area (Å²) in [4.78, 5) is 14.4. The zero-order valence-electron chi connectivity index (χ0n) is 11.7. The minimum Gasteiger partial charge on any atom is -0.507 e. The van der Waals surface area contributed by atoms with Gasteiger partial charge in [0.1, 0.15) is 5.75 Å². The van der Waals surface area contributed by atoms with E-state index in [-0.39, 0.29) is 23.7 Å². The van der Waals surface area contributed by atoms with Crippen LogP contribution in [0.5, 0.6) is 5.75 Å². The highest BCUT2D eigenvalue weighted by atomic mass is 35.5. The molecule has 0 radical (unpaired) electrons. The number of phenolic OH excluding ortho intramolecular Hbond substituents is 1. The first-order valence-electron chi connectivity index (χ1n) is 7.08. The number of halogens is 1. The number of hydrogen-bond acceptors (Lipinski definition) is 3. The highest BCUT2D eigenvalue weighted by Gasteiger charge is 2.28. The van der Waals surface area contributed by atoms with Crippen molar-refractivity contribution in [1.29, 1.82) is 0 Å². The van der Waals surface area contributed by atoms with E-state index in [0.29, 0.717) is 17.1 Å². The Kier molecular flexibility index (Phi) is 4.89. The van der Waals surface area contributed by atoms with Crippen LogP contribution in [-0.2, 0) is 0 Å². The molecule has 5 heteroatoms. The number of aromatic hydroxyl groups is 1. The van der Waals surface area contributed by atoms with E-state index in [1.165, 1.54) is 6.07 Å². The van der Waals surface area contributed by atoms with Crippen LogP contribution in [-0.4, -0.2) is 34.5 Å². The lowest BCUT2D eigenvalue weighted by Gasteiger charge is -2.35. The van der Waals surface area contributed by atoms with Gasteiger partial charge in [0.25, 0.3) is 5.91 Å². The fourth-order valence-electron chi connectivity index (χ4n) is 2.82. The van der Waals surface area contributed by atoms with Crippen LogP contribution in [0.15, 0.2) is 18.2 Å². The molecule has 1 fully saturated rings. The normalized spacial score (nSPS) is 22.6. The van der Waals surface area contributed by atoms with Gasteiger partial charge in [0.2, 0.25) is 0 Å². The lowest BCUT2D eigenvalue weighted by molar-refractivity contribution is 0.0637. The molecule has 0 atom stereocenters. The Bertz CT molecular complexity index is 485. The molecule has 0 bridgehead atoms. The van der Waals surface area contributed by atoms with Crippen molar-refractivity contribution >= 4 is 17.5 Å². The topological polar surface area (TPSA) is 66.6 Å². The zero-order chi connectivity index (χ0) is 14.7. The summed E-state index contributed by atoms with van der Waals surface area (Å²) in [6.07, 6.45) is 3.74. The van der Waals surface area contributed by atoms with E-state index >= 15 is 0 Å². The largest absolute Gasteiger partial charge is 0.507 e. The van der Waals surface area contributed by atoms with Crippen LogP contribution in [0, 0.1) is 0 Å². The third-order valence-electron chi connectivity index (χ3n) is 3.97. The lowest BCUT2D eigenvalue weighted by Crippen LogP contribution is -2.44. The number of phenols is 1. The molecule has 0 saturated heterocycles. The third kappa shape index (κ3) is 3.25. The van der Waals surface area contributed by atoms with Crippen LogP contribution in [0.3, 0.4) is 0 Å². The van der Waals surface area contributed by atoms with Crippen LogP contribution < -0.4 is 5.73 Å². The number of carbonyl (C=O) groups excluding carboxylic acids is 1. The van der Waals surface area contributed by atoms with E-state index in [9.17, 15) is 9.90 Å². The maximum absolute atomic E-state index is 12.6. The van der Waals surface area contributed by atoms with E-state index < -0.39 is 0 Å². The van der Waals surface area contributed by atoms with E-state index in [0.717, 1.165) is 25.7 Å². The summed E-state index contributed by atoms with van der Waals surface area (Å²) < 4.78 is 0. The van der Waals surface area contributed by atoms with Gasteiger partial charge in [-0.1, -0.05) is 11.6 Å². The molecule has 1 aromatic carbocycles. The van der Waals surface area contributed by atoms with Gasteiger partial charge in [-0.05, 0) is 50.8 Å². The Labute approximate surface area is 124 Å². The van der Waals surface area contributed by atoms with Gasteiger partial charge in [0.05, 0.1) is 5.56 Å². The molecule has 0 heterocycles. The average Bonchev–Trinajstić information content (AvgIpc) is 2.41. The van der Waals surface area contributed by atoms with Crippen molar-refractivity contribution in [2.75, 3.05) is 6.54 Å². The molecule has 1 amide bonds. The summed E-state index contributed by atoms with van der Waals surface area (Å²) >= 11 is 5.80. The summed E-state index contributed by atoms with van der Waals surface area (Å²) in [5.41, 5.74) is 6.22. The monoisotopic (exact) mass is 296 g/mol. The van der Waals surface area contributed by atoms with E-state index in [4.69, 9.17) is 17.3 Å². The molecule has 0 unspecified atom stereocenters. The number of hydrogen-bond donors (Lipinski definition) is 2. The Morgan fingerprint density at radius 1 is 1.40 bits per heavy atom. The predicted molar refractivity (Wildman–Crippen MR) is 80.1 cm³/mol. The van der Waals surface area contributed by atoms with Crippen molar-refractivity contribution in [2.45, 2.75) is 44.7 Å². The highest BCUT2D eigenvalue weighted by molar-refractivity contribution is 6.30. The van der Waals surface area contributed by atoms with Crippen LogP contribution >= 0.6 is 11.6 Å². The molecule has 1 saturated carbocycles. The molecule has 20 heavy (non-hydrogen) atoms. The maximum Gasteiger partial charge on any atom is 0.257 e. The number of nitrogens with two attached hydrogens (primary N) is 1. The van der Waals surface area contributed by atoms with Gasteiger partial charge in [-0.15, -0.1) is 0 Å². The van der Waals surface area contributed by atoms with Crippen molar-refractivity contribution in [1.82, 2.24) is 4.90 Å². The van der Waals surface area contributed by atoms with Gasteiger partial charge >= 0.3 is 0 Å². The highest BCUT2D eigenvalue weighted by Crippen LogP contribution is 2.27. The molecule has 4 nitrogen and oxygen atoms in total. The van der Waals surface area contributed by atoms with Crippen LogP contribution in [0.2, 0.25) is 5.02 Å². The molecule has 3 N–H and O–H groups in total. The van der Waals surface area contributed by atoms with Crippen LogP contribution in [0.4, 0.5) is 0 Å². The second-order valence-corrected chi connectivity index (χ2v) is 5.76. The van der Waals surface area contributed by atoms with Crippen molar-refractivity contribution in [2.24, 2.45) is 5.73 Å². The van der Waals surface area contributed by atoms with Crippen molar-refractivity contribution in [3.63, 3.8) is 0 Å². The number of nitrogens with zero attached hydrogens (tertiary/aromatic N) is 1. The molecule has 0 aliphatic heterocycles. The molecule has 2 rings (SSSR count). The van der Waals surface area contributed by atoms with Crippen LogP contribution in [0.25, 0.3) is 0 Å². The van der Waals surface area contributed by atoms with Crippen molar-refractivity contribution in [3.8, 4) is 5.75 Å². The number of amides is 1. The van der Waals surface area contributed by atoms with Gasteiger partial charge in [-0.3, -0.25) is 4.79 Å². The first kappa shape index (κ1) is 15.1. The molecular formula is C15H21ClN2O2. The average molecular weight is 297 g/mol. The number of carbonyl (C=O) groups is 1. The summed E-state index contributed by atoms with van der Waals surface area (Å²) in [5.74, 6) is -0.199. The first-order valence-corrected chi connectivity index (χ1v) is 7.45. The minimum atomic E-state index is -0.137. The van der Waals surface area contributed by atoms with Gasteiger partial charge in [0.15, 0.2) is 0 Å². The maximum atomic E-state index is 12.6. The third-order valence-corrected chi connectivity index (χ3v) is 4.21. The van der Waals surface area contributed by atoms with Gasteiger partial charge in [0, 0.05) is 23.7 Å². The van der Waals surface area contributed by atoms with Crippen molar-refractivity contribution in [3.05, 3.63) is 28.8 Å². The summed E-state index contributed by atoms with van der Waals surface area (Å²) in [6.45, 7) is 2.58. The standard InChI is InChI=1S/C15H21ClN2O2/c1-2-18(12-6-4-11(17)5-7-12)15(20)13-8-3-10(16)9-14(13)19/h3,8-9,11-12,19H,2,4-7,17H2,1H3. The Balaban J connectivity index is 2.16. The smallest absolute Gasteiger partial charge is 0.257 e. The lowest BCUT2D eigenvalue weighted by atomic mass is 9.90. The fourth-order valence-corrected chi connectivity index (χ4v) is 2.99. The fraction of sp³-hybridized carbons (Fsp3) is 0.533. The van der Waals surface area contributed by atoms with E-state index in [1.807, 2.05) is 11.8 Å². The first-order chi connectivity index (χ1) is 9.52. The summed E-state index contributed by atoms with van der Waals surface area (Å²) in [5, 5.41) is 10.3. The molecule has 110 valence electrons. The second-order valence-electron chi connectivity index (χ2n) is 5.32.